The Morgan fingerprint density at radius 3 is 2.28 bits per heavy atom. The van der Waals surface area contributed by atoms with E-state index in [-0.39, 0.29) is 9.99 Å². The number of ether oxygens (including phenoxy) is 2. The van der Waals surface area contributed by atoms with Gasteiger partial charge in [-0.05, 0) is 30.3 Å². The van der Waals surface area contributed by atoms with Crippen molar-refractivity contribution in [1.82, 2.24) is 20.2 Å². The minimum Gasteiger partial charge on any atom is -0.497 e. The van der Waals surface area contributed by atoms with Crippen LogP contribution < -0.4 is 9.47 Å². The van der Waals surface area contributed by atoms with Crippen molar-refractivity contribution in [1.29, 1.82) is 0 Å². The van der Waals surface area contributed by atoms with Crippen LogP contribution >= 0.6 is 15.9 Å². The van der Waals surface area contributed by atoms with Crippen molar-refractivity contribution >= 4 is 27.0 Å². The van der Waals surface area contributed by atoms with E-state index >= 15 is 0 Å². The number of imidazole rings is 1. The van der Waals surface area contributed by atoms with Gasteiger partial charge in [0.15, 0.2) is 5.82 Å². The van der Waals surface area contributed by atoms with E-state index in [0.717, 1.165) is 11.6 Å². The quantitative estimate of drug-likeness (QED) is 0.421. The zero-order valence-corrected chi connectivity index (χ0v) is 16.8. The third-order valence-corrected chi connectivity index (χ3v) is 5.01. The van der Waals surface area contributed by atoms with Crippen LogP contribution in [0.4, 0.5) is 13.2 Å². The largest absolute Gasteiger partial charge is 0.497 e. The van der Waals surface area contributed by atoms with Gasteiger partial charge >= 0.3 is 6.18 Å². The molecule has 2 heterocycles. The zero-order chi connectivity index (χ0) is 20.8. The third kappa shape index (κ3) is 3.67. The molecule has 0 aliphatic heterocycles. The maximum atomic E-state index is 13.1. The fourth-order valence-corrected chi connectivity index (χ4v) is 3.48. The molecule has 29 heavy (non-hydrogen) atoms. The number of nitrogens with one attached hydrogen (secondary N) is 2. The van der Waals surface area contributed by atoms with Crippen molar-refractivity contribution in [2.45, 2.75) is 6.18 Å². The van der Waals surface area contributed by atoms with Crippen LogP contribution in [0.15, 0.2) is 40.9 Å². The van der Waals surface area contributed by atoms with Crippen molar-refractivity contribution in [3.05, 3.63) is 46.4 Å². The fraction of sp³-hybridized carbons (Fsp3) is 0.158. The summed E-state index contributed by atoms with van der Waals surface area (Å²) >= 11 is 2.96. The average Bonchev–Trinajstić information content (AvgIpc) is 3.32. The number of alkyl halides is 3. The van der Waals surface area contributed by atoms with Gasteiger partial charge in [0.25, 0.3) is 0 Å². The molecule has 150 valence electrons. The van der Waals surface area contributed by atoms with Crippen LogP contribution in [0.1, 0.15) is 5.56 Å². The maximum absolute atomic E-state index is 13.1. The Hall–Kier alpha value is -3.01. The Morgan fingerprint density at radius 1 is 0.966 bits per heavy atom. The van der Waals surface area contributed by atoms with Crippen LogP contribution in [0.5, 0.6) is 11.5 Å². The topological polar surface area (TPSA) is 75.8 Å². The predicted octanol–water partition coefficient (Wildman–Crippen LogP) is 5.42. The van der Waals surface area contributed by atoms with Crippen molar-refractivity contribution in [3.63, 3.8) is 0 Å². The van der Waals surface area contributed by atoms with Crippen LogP contribution in [0.25, 0.3) is 33.8 Å². The van der Waals surface area contributed by atoms with Crippen LogP contribution in [-0.2, 0) is 6.18 Å². The number of hydrogen-bond donors (Lipinski definition) is 2. The lowest BCUT2D eigenvalue weighted by Gasteiger charge is -2.08. The molecule has 0 radical (unpaired) electrons. The second-order valence-electron chi connectivity index (χ2n) is 6.20. The lowest BCUT2D eigenvalue weighted by atomic mass is 10.1. The number of hydrogen-bond acceptors (Lipinski definition) is 4. The summed E-state index contributed by atoms with van der Waals surface area (Å²) in [7, 11) is 3.10. The zero-order valence-electron chi connectivity index (χ0n) is 15.2. The van der Waals surface area contributed by atoms with Gasteiger partial charge in [0.05, 0.1) is 36.5 Å². The first kappa shape index (κ1) is 19.3. The highest BCUT2D eigenvalue weighted by Gasteiger charge is 2.33. The summed E-state index contributed by atoms with van der Waals surface area (Å²) < 4.78 is 49.8. The van der Waals surface area contributed by atoms with Gasteiger partial charge in [-0.25, -0.2) is 4.98 Å². The number of rotatable bonds is 4. The summed E-state index contributed by atoms with van der Waals surface area (Å²) in [5.41, 5.74) is 1.79. The summed E-state index contributed by atoms with van der Waals surface area (Å²) in [5.74, 6) is 1.59. The summed E-state index contributed by atoms with van der Waals surface area (Å²) in [6.07, 6.45) is -4.47. The van der Waals surface area contributed by atoms with Crippen molar-refractivity contribution < 1.29 is 22.6 Å². The molecule has 0 unspecified atom stereocenters. The van der Waals surface area contributed by atoms with Crippen LogP contribution in [0.3, 0.4) is 0 Å². The molecule has 2 aromatic carbocycles. The molecule has 4 aromatic rings. The summed E-state index contributed by atoms with van der Waals surface area (Å²) in [4.78, 5) is 7.28. The lowest BCUT2D eigenvalue weighted by Crippen LogP contribution is -2.05. The Balaban J connectivity index is 1.74. The van der Waals surface area contributed by atoms with E-state index in [0.29, 0.717) is 34.2 Å². The van der Waals surface area contributed by atoms with Gasteiger partial charge in [0.2, 0.25) is 0 Å². The highest BCUT2D eigenvalue weighted by atomic mass is 79.9. The molecule has 10 heteroatoms. The first-order valence-corrected chi connectivity index (χ1v) is 9.13. The molecular weight excluding hydrogens is 453 g/mol. The number of benzene rings is 2. The van der Waals surface area contributed by atoms with Gasteiger partial charge in [0.1, 0.15) is 17.2 Å². The van der Waals surface area contributed by atoms with E-state index in [2.05, 4.69) is 36.1 Å². The molecule has 2 N–H and O–H groups in total. The molecule has 0 atom stereocenters. The number of halogens is 4. The average molecular weight is 467 g/mol. The van der Waals surface area contributed by atoms with E-state index in [9.17, 15) is 13.2 Å². The monoisotopic (exact) mass is 466 g/mol. The Morgan fingerprint density at radius 2 is 1.66 bits per heavy atom. The van der Waals surface area contributed by atoms with Crippen LogP contribution in [0, 0.1) is 0 Å². The standard InChI is InChI=1S/C19H14BrF3N4O2/c1-28-10-3-9(4-11(5-10)29-2)14-8-17(27-26-14)18-24-15-6-12(19(21,22)23)13(20)7-16(15)25-18/h3-8H,1-2H3,(H,24,25)(H,26,27). The number of nitrogens with zero attached hydrogens (tertiary/aromatic N) is 2. The highest BCUT2D eigenvalue weighted by Crippen LogP contribution is 2.37. The van der Waals surface area contributed by atoms with Crippen molar-refractivity contribution in [2.75, 3.05) is 14.2 Å². The molecule has 0 saturated carbocycles. The molecule has 0 bridgehead atoms. The van der Waals surface area contributed by atoms with E-state index in [1.807, 2.05) is 0 Å². The van der Waals surface area contributed by atoms with Gasteiger partial charge in [-0.2, -0.15) is 18.3 Å². The molecule has 4 rings (SSSR count). The maximum Gasteiger partial charge on any atom is 0.417 e. The smallest absolute Gasteiger partial charge is 0.417 e. The summed E-state index contributed by atoms with van der Waals surface area (Å²) in [5, 5.41) is 7.13. The lowest BCUT2D eigenvalue weighted by molar-refractivity contribution is -0.138. The highest BCUT2D eigenvalue weighted by molar-refractivity contribution is 9.10. The van der Waals surface area contributed by atoms with Gasteiger partial charge in [-0.15, -0.1) is 0 Å². The van der Waals surface area contributed by atoms with E-state index in [1.165, 1.54) is 6.07 Å². The summed E-state index contributed by atoms with van der Waals surface area (Å²) in [6, 6.07) is 9.45. The number of H-pyrrole nitrogens is 2. The molecule has 2 aromatic heterocycles. The first-order valence-electron chi connectivity index (χ1n) is 8.34. The van der Waals surface area contributed by atoms with Gasteiger partial charge in [0, 0.05) is 16.1 Å². The molecule has 0 saturated heterocycles. The minimum atomic E-state index is -4.47. The normalized spacial score (nSPS) is 11.8. The van der Waals surface area contributed by atoms with E-state index in [1.54, 1.807) is 38.5 Å². The Kier molecular flexibility index (Phi) is 4.73. The van der Waals surface area contributed by atoms with Crippen molar-refractivity contribution in [2.24, 2.45) is 0 Å². The van der Waals surface area contributed by atoms with Gasteiger partial charge < -0.3 is 14.5 Å². The van der Waals surface area contributed by atoms with E-state index in [4.69, 9.17) is 9.47 Å². The Labute approximate surface area is 171 Å². The fourth-order valence-electron chi connectivity index (χ4n) is 2.92. The van der Waals surface area contributed by atoms with Crippen molar-refractivity contribution in [3.8, 4) is 34.3 Å². The molecule has 6 nitrogen and oxygen atoms in total. The molecule has 0 amide bonds. The molecule has 0 aliphatic rings. The number of aromatic amines is 2. The van der Waals surface area contributed by atoms with E-state index < -0.39 is 11.7 Å². The second-order valence-corrected chi connectivity index (χ2v) is 7.05. The first-order chi connectivity index (χ1) is 13.8. The van der Waals surface area contributed by atoms with Crippen LogP contribution in [0.2, 0.25) is 0 Å². The predicted molar refractivity (Wildman–Crippen MR) is 105 cm³/mol. The molecule has 0 fully saturated rings. The van der Waals surface area contributed by atoms with Gasteiger partial charge in [-0.1, -0.05) is 15.9 Å². The number of methoxy groups -OCH3 is 2. The number of fused-ring (bicyclic) bond motifs is 1. The van der Waals surface area contributed by atoms with Gasteiger partial charge in [-0.3, -0.25) is 5.10 Å². The SMILES string of the molecule is COc1cc(OC)cc(-c2cc(-c3nc4cc(Br)c(C(F)(F)F)cc4[nH]3)[nH]n2)c1. The molecule has 0 spiro atoms. The Bertz CT molecular complexity index is 1180. The molecular formula is C19H14BrF3N4O2. The minimum absolute atomic E-state index is 0.0654. The second kappa shape index (κ2) is 7.11. The van der Waals surface area contributed by atoms with Crippen LogP contribution in [-0.4, -0.2) is 34.4 Å². The summed E-state index contributed by atoms with van der Waals surface area (Å²) in [6.45, 7) is 0. The molecule has 0 aliphatic carbocycles. The third-order valence-electron chi connectivity index (χ3n) is 4.36. The number of aromatic nitrogens is 4.